The second-order valence-electron chi connectivity index (χ2n) is 5.09. The van der Waals surface area contributed by atoms with Gasteiger partial charge in [-0.2, -0.15) is 0 Å². The first-order valence-electron chi connectivity index (χ1n) is 6.76. The number of aromatic carboxylic acids is 1. The molecule has 1 heterocycles. The first-order chi connectivity index (χ1) is 11.0. The van der Waals surface area contributed by atoms with Crippen LogP contribution in [0, 0.1) is 0 Å². The van der Waals surface area contributed by atoms with Gasteiger partial charge in [0.15, 0.2) is 0 Å². The van der Waals surface area contributed by atoms with Crippen molar-refractivity contribution in [2.24, 2.45) is 0 Å². The van der Waals surface area contributed by atoms with Crippen LogP contribution in [0.4, 0.5) is 0 Å². The summed E-state index contributed by atoms with van der Waals surface area (Å²) < 4.78 is 3.50. The van der Waals surface area contributed by atoms with Gasteiger partial charge in [0, 0.05) is 27.1 Å². The zero-order valence-corrected chi connectivity index (χ0v) is 15.0. The van der Waals surface area contributed by atoms with E-state index < -0.39 is 11.4 Å². The van der Waals surface area contributed by atoms with E-state index in [9.17, 15) is 14.7 Å². The minimum atomic E-state index is -1.22. The molecule has 6 heteroatoms. The van der Waals surface area contributed by atoms with Gasteiger partial charge in [-0.15, -0.1) is 0 Å². The van der Waals surface area contributed by atoms with Gasteiger partial charge in [0.25, 0.3) is 0 Å². The van der Waals surface area contributed by atoms with E-state index in [2.05, 4.69) is 31.9 Å². The lowest BCUT2D eigenvalue weighted by atomic mass is 10.1. The largest absolute Gasteiger partial charge is 0.477 e. The highest BCUT2D eigenvalue weighted by molar-refractivity contribution is 9.10. The number of rotatable bonds is 3. The van der Waals surface area contributed by atoms with Gasteiger partial charge in [-0.3, -0.25) is 4.79 Å². The molecule has 0 bridgehead atoms. The number of pyridine rings is 1. The molecule has 0 aliphatic carbocycles. The fraction of sp³-hybridized carbons (Fsp3) is 0.0588. The summed E-state index contributed by atoms with van der Waals surface area (Å²) in [6.07, 6.45) is 1.41. The van der Waals surface area contributed by atoms with Crippen LogP contribution >= 0.6 is 31.9 Å². The quantitative estimate of drug-likeness (QED) is 0.666. The molecule has 1 N–H and O–H groups in total. The molecular weight excluding hydrogens is 426 g/mol. The maximum Gasteiger partial charge on any atom is 0.341 e. The lowest BCUT2D eigenvalue weighted by Gasteiger charge is -2.13. The summed E-state index contributed by atoms with van der Waals surface area (Å²) in [5, 5.41) is 9.68. The number of nitrogens with zero attached hydrogens (tertiary/aromatic N) is 1. The smallest absolute Gasteiger partial charge is 0.341 e. The van der Waals surface area contributed by atoms with E-state index >= 15 is 0 Å². The van der Waals surface area contributed by atoms with Crippen LogP contribution in [0.3, 0.4) is 0 Å². The normalized spacial score (nSPS) is 10.9. The van der Waals surface area contributed by atoms with E-state index in [0.29, 0.717) is 17.4 Å². The van der Waals surface area contributed by atoms with E-state index in [4.69, 9.17) is 0 Å². The van der Waals surface area contributed by atoms with Crippen molar-refractivity contribution in [2.45, 2.75) is 6.54 Å². The van der Waals surface area contributed by atoms with Crippen molar-refractivity contribution < 1.29 is 9.90 Å². The maximum absolute atomic E-state index is 12.4. The molecule has 1 aromatic heterocycles. The van der Waals surface area contributed by atoms with Crippen molar-refractivity contribution >= 4 is 48.7 Å². The molecule has 0 aliphatic rings. The summed E-state index contributed by atoms with van der Waals surface area (Å²) in [4.78, 5) is 23.7. The second-order valence-corrected chi connectivity index (χ2v) is 6.92. The number of hydrogen-bond donors (Lipinski definition) is 1. The Hall–Kier alpha value is -1.92. The molecule has 23 heavy (non-hydrogen) atoms. The highest BCUT2D eigenvalue weighted by Crippen LogP contribution is 2.20. The van der Waals surface area contributed by atoms with Crippen LogP contribution in [-0.4, -0.2) is 15.6 Å². The zero-order chi connectivity index (χ0) is 16.6. The standard InChI is InChI=1S/C17H11Br2NO3/c18-11-3-1-10(2-4-11)8-20-9-14(17(22)23)16(21)13-7-12(19)5-6-15(13)20/h1-7,9H,8H2,(H,22,23). The van der Waals surface area contributed by atoms with Crippen LogP contribution in [0.25, 0.3) is 10.9 Å². The summed E-state index contributed by atoms with van der Waals surface area (Å²) in [5.74, 6) is -1.22. The summed E-state index contributed by atoms with van der Waals surface area (Å²) >= 11 is 6.71. The van der Waals surface area contributed by atoms with Gasteiger partial charge in [0.2, 0.25) is 5.43 Å². The molecule has 0 fully saturated rings. The summed E-state index contributed by atoms with van der Waals surface area (Å²) in [7, 11) is 0. The molecule has 0 saturated heterocycles. The molecule has 3 aromatic rings. The van der Waals surface area contributed by atoms with Gasteiger partial charge in [0.1, 0.15) is 5.56 Å². The van der Waals surface area contributed by atoms with E-state index in [0.717, 1.165) is 14.5 Å². The topological polar surface area (TPSA) is 59.3 Å². The second kappa shape index (κ2) is 6.29. The highest BCUT2D eigenvalue weighted by atomic mass is 79.9. The molecule has 2 aromatic carbocycles. The third kappa shape index (κ3) is 3.23. The maximum atomic E-state index is 12.4. The third-order valence-corrected chi connectivity index (χ3v) is 4.56. The van der Waals surface area contributed by atoms with Crippen LogP contribution < -0.4 is 5.43 Å². The minimum Gasteiger partial charge on any atom is -0.477 e. The van der Waals surface area contributed by atoms with E-state index in [1.165, 1.54) is 6.20 Å². The fourth-order valence-corrected chi connectivity index (χ4v) is 3.06. The van der Waals surface area contributed by atoms with Crippen LogP contribution in [0.1, 0.15) is 15.9 Å². The summed E-state index contributed by atoms with van der Waals surface area (Å²) in [6, 6.07) is 13.1. The lowest BCUT2D eigenvalue weighted by Crippen LogP contribution is -2.19. The summed E-state index contributed by atoms with van der Waals surface area (Å²) in [6.45, 7) is 0.478. The Bertz CT molecular complexity index is 962. The molecule has 0 atom stereocenters. The predicted octanol–water partition coefficient (Wildman–Crippen LogP) is 4.27. The monoisotopic (exact) mass is 435 g/mol. The van der Waals surface area contributed by atoms with Gasteiger partial charge in [0.05, 0.1) is 5.52 Å². The van der Waals surface area contributed by atoms with Crippen molar-refractivity contribution in [1.29, 1.82) is 0 Å². The Morgan fingerprint density at radius 3 is 2.35 bits per heavy atom. The number of carboxylic acids is 1. The number of carboxylic acid groups (broad SMARTS) is 1. The third-order valence-electron chi connectivity index (χ3n) is 3.54. The van der Waals surface area contributed by atoms with Gasteiger partial charge in [-0.05, 0) is 35.9 Å². The van der Waals surface area contributed by atoms with Crippen molar-refractivity contribution in [3.63, 3.8) is 0 Å². The van der Waals surface area contributed by atoms with Crippen LogP contribution in [0.15, 0.2) is 62.4 Å². The SMILES string of the molecule is O=C(O)c1cn(Cc2ccc(Br)cc2)c2ccc(Br)cc2c1=O. The number of hydrogen-bond acceptors (Lipinski definition) is 2. The molecule has 3 rings (SSSR count). The molecule has 0 unspecified atom stereocenters. The van der Waals surface area contributed by atoms with Gasteiger partial charge in [-0.25, -0.2) is 4.79 Å². The molecule has 0 aliphatic heterocycles. The molecule has 0 radical (unpaired) electrons. The van der Waals surface area contributed by atoms with Crippen LogP contribution in [-0.2, 0) is 6.54 Å². The number of carbonyl (C=O) groups is 1. The Labute approximate surface area is 148 Å². The minimum absolute atomic E-state index is 0.229. The number of benzene rings is 2. The molecule has 0 spiro atoms. The zero-order valence-electron chi connectivity index (χ0n) is 11.8. The lowest BCUT2D eigenvalue weighted by molar-refractivity contribution is 0.0695. The van der Waals surface area contributed by atoms with Gasteiger partial charge in [-0.1, -0.05) is 44.0 Å². The van der Waals surface area contributed by atoms with Crippen molar-refractivity contribution in [2.75, 3.05) is 0 Å². The average molecular weight is 437 g/mol. The molecular formula is C17H11Br2NO3. The van der Waals surface area contributed by atoms with Crippen molar-refractivity contribution in [3.05, 3.63) is 79.0 Å². The Morgan fingerprint density at radius 1 is 1.04 bits per heavy atom. The summed E-state index contributed by atoms with van der Waals surface area (Å²) in [5.41, 5.74) is 1.01. The van der Waals surface area contributed by atoms with E-state index in [1.54, 1.807) is 10.6 Å². The molecule has 4 nitrogen and oxygen atoms in total. The van der Waals surface area contributed by atoms with Crippen LogP contribution in [0.2, 0.25) is 0 Å². The predicted molar refractivity (Wildman–Crippen MR) is 96.1 cm³/mol. The van der Waals surface area contributed by atoms with Crippen LogP contribution in [0.5, 0.6) is 0 Å². The Balaban J connectivity index is 2.22. The Morgan fingerprint density at radius 2 is 1.70 bits per heavy atom. The average Bonchev–Trinajstić information content (AvgIpc) is 2.52. The van der Waals surface area contributed by atoms with Crippen molar-refractivity contribution in [1.82, 2.24) is 4.57 Å². The molecule has 0 amide bonds. The first kappa shape index (κ1) is 16.0. The number of fused-ring (bicyclic) bond motifs is 1. The molecule has 0 saturated carbocycles. The van der Waals surface area contributed by atoms with Gasteiger partial charge >= 0.3 is 5.97 Å². The van der Waals surface area contributed by atoms with Crippen molar-refractivity contribution in [3.8, 4) is 0 Å². The Kier molecular flexibility index (Phi) is 4.37. The first-order valence-corrected chi connectivity index (χ1v) is 8.35. The van der Waals surface area contributed by atoms with E-state index in [-0.39, 0.29) is 5.56 Å². The van der Waals surface area contributed by atoms with E-state index in [1.807, 2.05) is 36.4 Å². The van der Waals surface area contributed by atoms with Gasteiger partial charge < -0.3 is 9.67 Å². The fourth-order valence-electron chi connectivity index (χ4n) is 2.44. The number of aromatic nitrogens is 1. The number of halogens is 2. The molecule has 116 valence electrons. The highest BCUT2D eigenvalue weighted by Gasteiger charge is 2.15.